The van der Waals surface area contributed by atoms with Crippen molar-refractivity contribution < 1.29 is 9.53 Å². The van der Waals surface area contributed by atoms with Gasteiger partial charge in [-0.1, -0.05) is 19.1 Å². The van der Waals surface area contributed by atoms with Gasteiger partial charge >= 0.3 is 5.97 Å². The molecular formula is C21H27N3O2. The van der Waals surface area contributed by atoms with Gasteiger partial charge in [-0.2, -0.15) is 0 Å². The molecule has 0 aliphatic carbocycles. The smallest absolute Gasteiger partial charge is 0.313 e. The first-order valence-electron chi connectivity index (χ1n) is 9.68. The Hall–Kier alpha value is -2.14. The van der Waals surface area contributed by atoms with E-state index >= 15 is 0 Å². The zero-order valence-corrected chi connectivity index (χ0v) is 15.6. The van der Waals surface area contributed by atoms with Gasteiger partial charge in [-0.05, 0) is 50.3 Å². The molecule has 0 unspecified atom stereocenters. The van der Waals surface area contributed by atoms with Crippen molar-refractivity contribution in [3.8, 4) is 5.69 Å². The number of hydrogen-bond acceptors (Lipinski definition) is 4. The summed E-state index contributed by atoms with van der Waals surface area (Å²) in [6.45, 7) is 5.40. The molecule has 0 N–H and O–H groups in total. The minimum Gasteiger partial charge on any atom is -0.466 e. The molecule has 138 valence electrons. The number of fused-ring (bicyclic) bond motifs is 2. The molecule has 2 aromatic rings. The maximum Gasteiger partial charge on any atom is 0.313 e. The Labute approximate surface area is 155 Å². The standard InChI is InChI=1S/C21H27N3O2/c1-3-21(20(25)26-4-2)13-18-9-10-19(21)24(18)14-16-5-7-17(8-6-16)23-12-11-22-15-23/h5-8,11-12,15,18-19H,3-4,9-10,13-14H2,1-2H3/t18-,19+,21+/m0/s1. The number of hydrogen-bond donors (Lipinski definition) is 0. The lowest BCUT2D eigenvalue weighted by atomic mass is 9.72. The molecule has 3 heterocycles. The molecule has 0 spiro atoms. The van der Waals surface area contributed by atoms with Crippen molar-refractivity contribution in [3.63, 3.8) is 0 Å². The van der Waals surface area contributed by atoms with Crippen molar-refractivity contribution in [2.75, 3.05) is 6.61 Å². The van der Waals surface area contributed by atoms with Gasteiger partial charge in [0.2, 0.25) is 0 Å². The van der Waals surface area contributed by atoms with Crippen LogP contribution in [0, 0.1) is 5.41 Å². The van der Waals surface area contributed by atoms with Crippen LogP contribution in [-0.4, -0.2) is 39.1 Å². The highest BCUT2D eigenvalue weighted by Gasteiger charge is 2.59. The molecule has 5 heteroatoms. The van der Waals surface area contributed by atoms with Crippen molar-refractivity contribution in [2.45, 2.75) is 58.2 Å². The van der Waals surface area contributed by atoms with Crippen molar-refractivity contribution in [1.29, 1.82) is 0 Å². The van der Waals surface area contributed by atoms with E-state index in [-0.39, 0.29) is 11.4 Å². The fraction of sp³-hybridized carbons (Fsp3) is 0.524. The van der Waals surface area contributed by atoms with Gasteiger partial charge in [0.15, 0.2) is 0 Å². The minimum absolute atomic E-state index is 0.00940. The maximum atomic E-state index is 12.7. The molecule has 1 aromatic heterocycles. The number of aromatic nitrogens is 2. The number of imidazole rings is 1. The number of rotatable bonds is 6. The normalized spacial score (nSPS) is 27.8. The Morgan fingerprint density at radius 1 is 1.27 bits per heavy atom. The first-order valence-corrected chi connectivity index (χ1v) is 9.68. The van der Waals surface area contributed by atoms with Crippen LogP contribution in [0.2, 0.25) is 0 Å². The van der Waals surface area contributed by atoms with Crippen LogP contribution in [0.5, 0.6) is 0 Å². The van der Waals surface area contributed by atoms with Crippen LogP contribution in [0.1, 0.15) is 45.1 Å². The van der Waals surface area contributed by atoms with E-state index in [0.717, 1.165) is 31.5 Å². The Morgan fingerprint density at radius 3 is 2.73 bits per heavy atom. The van der Waals surface area contributed by atoms with Crippen molar-refractivity contribution in [3.05, 3.63) is 48.5 Å². The van der Waals surface area contributed by atoms with Gasteiger partial charge in [0.05, 0.1) is 18.3 Å². The van der Waals surface area contributed by atoms with Crippen molar-refractivity contribution in [1.82, 2.24) is 14.5 Å². The molecule has 2 saturated heterocycles. The molecule has 4 rings (SSSR count). The van der Waals surface area contributed by atoms with Crippen molar-refractivity contribution >= 4 is 5.97 Å². The van der Waals surface area contributed by atoms with Crippen LogP contribution in [0.4, 0.5) is 0 Å². The van der Waals surface area contributed by atoms with Crippen LogP contribution in [0.15, 0.2) is 43.0 Å². The number of carbonyl (C=O) groups is 1. The summed E-state index contributed by atoms with van der Waals surface area (Å²) in [5.74, 6) is 0.00940. The Morgan fingerprint density at radius 2 is 2.08 bits per heavy atom. The van der Waals surface area contributed by atoms with Crippen LogP contribution < -0.4 is 0 Å². The van der Waals surface area contributed by atoms with E-state index in [9.17, 15) is 4.79 Å². The lowest BCUT2D eigenvalue weighted by molar-refractivity contribution is -0.157. The minimum atomic E-state index is -0.310. The summed E-state index contributed by atoms with van der Waals surface area (Å²) >= 11 is 0. The average molecular weight is 353 g/mol. The molecule has 2 bridgehead atoms. The van der Waals surface area contributed by atoms with Gasteiger partial charge in [0, 0.05) is 36.7 Å². The third-order valence-electron chi connectivity index (χ3n) is 6.30. The lowest BCUT2D eigenvalue weighted by Gasteiger charge is -2.34. The number of benzene rings is 1. The van der Waals surface area contributed by atoms with E-state index in [1.54, 1.807) is 6.20 Å². The Kier molecular flexibility index (Phi) is 4.57. The molecule has 1 aromatic carbocycles. The van der Waals surface area contributed by atoms with Gasteiger partial charge in [-0.15, -0.1) is 0 Å². The van der Waals surface area contributed by atoms with E-state index in [2.05, 4.69) is 41.1 Å². The summed E-state index contributed by atoms with van der Waals surface area (Å²) in [4.78, 5) is 19.4. The van der Waals surface area contributed by atoms with Gasteiger partial charge in [0.1, 0.15) is 0 Å². The topological polar surface area (TPSA) is 47.4 Å². The second kappa shape index (κ2) is 6.88. The average Bonchev–Trinajstić information content (AvgIpc) is 3.39. The van der Waals surface area contributed by atoms with E-state index in [1.165, 1.54) is 12.0 Å². The van der Waals surface area contributed by atoms with E-state index in [0.29, 0.717) is 18.7 Å². The van der Waals surface area contributed by atoms with Gasteiger partial charge in [0.25, 0.3) is 0 Å². The summed E-state index contributed by atoms with van der Waals surface area (Å²) in [6.07, 6.45) is 9.65. The zero-order valence-electron chi connectivity index (χ0n) is 15.6. The Bertz CT molecular complexity index is 756. The van der Waals surface area contributed by atoms with E-state index in [1.807, 2.05) is 24.0 Å². The lowest BCUT2D eigenvalue weighted by Crippen LogP contribution is -2.43. The summed E-state index contributed by atoms with van der Waals surface area (Å²) in [5.41, 5.74) is 2.10. The van der Waals surface area contributed by atoms with Gasteiger partial charge < -0.3 is 9.30 Å². The summed E-state index contributed by atoms with van der Waals surface area (Å²) < 4.78 is 7.46. The monoisotopic (exact) mass is 353 g/mol. The predicted octanol–water partition coefficient (Wildman–Crippen LogP) is 3.57. The molecule has 5 nitrogen and oxygen atoms in total. The predicted molar refractivity (Wildman–Crippen MR) is 99.9 cm³/mol. The first kappa shape index (κ1) is 17.3. The van der Waals surface area contributed by atoms with Crippen LogP contribution in [-0.2, 0) is 16.1 Å². The zero-order chi connectivity index (χ0) is 18.1. The molecule has 0 radical (unpaired) electrons. The maximum absolute atomic E-state index is 12.7. The van der Waals surface area contributed by atoms with Crippen LogP contribution >= 0.6 is 0 Å². The molecule has 0 saturated carbocycles. The third kappa shape index (κ3) is 2.75. The number of carbonyl (C=O) groups excluding carboxylic acids is 1. The molecule has 0 amide bonds. The highest BCUT2D eigenvalue weighted by molar-refractivity contribution is 5.78. The Balaban J connectivity index is 1.51. The second-order valence-electron chi connectivity index (χ2n) is 7.49. The fourth-order valence-electron chi connectivity index (χ4n) is 4.96. The number of ether oxygens (including phenoxy) is 1. The largest absolute Gasteiger partial charge is 0.466 e. The molecule has 2 fully saturated rings. The summed E-state index contributed by atoms with van der Waals surface area (Å²) in [6, 6.07) is 9.44. The number of nitrogens with zero attached hydrogens (tertiary/aromatic N) is 3. The van der Waals surface area contributed by atoms with Gasteiger partial charge in [-0.25, -0.2) is 4.98 Å². The summed E-state index contributed by atoms with van der Waals surface area (Å²) in [5, 5.41) is 0. The second-order valence-corrected chi connectivity index (χ2v) is 7.49. The van der Waals surface area contributed by atoms with Gasteiger partial charge in [-0.3, -0.25) is 9.69 Å². The third-order valence-corrected chi connectivity index (χ3v) is 6.30. The molecule has 3 atom stereocenters. The summed E-state index contributed by atoms with van der Waals surface area (Å²) in [7, 11) is 0. The molecule has 2 aliphatic heterocycles. The SMILES string of the molecule is CCOC(=O)[C@]1(CC)C[C@@H]2CC[C@H]1N2Cc1ccc(-n2ccnc2)cc1. The number of esters is 1. The molecular weight excluding hydrogens is 326 g/mol. The highest BCUT2D eigenvalue weighted by Crippen LogP contribution is 2.52. The van der Waals surface area contributed by atoms with E-state index in [4.69, 9.17) is 4.74 Å². The van der Waals surface area contributed by atoms with E-state index < -0.39 is 0 Å². The highest BCUT2D eigenvalue weighted by atomic mass is 16.5. The molecule has 2 aliphatic rings. The van der Waals surface area contributed by atoms with Crippen molar-refractivity contribution in [2.24, 2.45) is 5.41 Å². The quantitative estimate of drug-likeness (QED) is 0.745. The molecule has 26 heavy (non-hydrogen) atoms. The van der Waals surface area contributed by atoms with Crippen LogP contribution in [0.3, 0.4) is 0 Å². The first-order chi connectivity index (χ1) is 12.7. The van der Waals surface area contributed by atoms with Crippen LogP contribution in [0.25, 0.3) is 5.69 Å². The fourth-order valence-corrected chi connectivity index (χ4v) is 4.96.